The molecule has 0 fully saturated rings. The Bertz CT molecular complexity index is 1360. The Morgan fingerprint density at radius 2 is 1.71 bits per heavy atom. The van der Waals surface area contributed by atoms with Gasteiger partial charge < -0.3 is 10.6 Å². The van der Waals surface area contributed by atoms with E-state index in [0.717, 1.165) is 11.3 Å². The van der Waals surface area contributed by atoms with Crippen LogP contribution in [-0.4, -0.2) is 28.6 Å². The van der Waals surface area contributed by atoms with Crippen molar-refractivity contribution in [2.75, 3.05) is 12.4 Å². The van der Waals surface area contributed by atoms with Crippen molar-refractivity contribution in [3.8, 4) is 16.9 Å². The summed E-state index contributed by atoms with van der Waals surface area (Å²) in [4.78, 5) is 24.7. The van der Waals surface area contributed by atoms with Gasteiger partial charge >= 0.3 is 0 Å². The van der Waals surface area contributed by atoms with Crippen molar-refractivity contribution in [2.24, 2.45) is 0 Å². The lowest BCUT2D eigenvalue weighted by Gasteiger charge is -2.10. The predicted octanol–water partition coefficient (Wildman–Crippen LogP) is 5.00. The van der Waals surface area contributed by atoms with Gasteiger partial charge in [0.25, 0.3) is 5.91 Å². The zero-order chi connectivity index (χ0) is 24.1. The largest absolute Gasteiger partial charge is 0.355 e. The normalized spacial score (nSPS) is 10.9. The Hall–Kier alpha value is -4.52. The molecule has 4 rings (SSSR count). The molecule has 1 aromatic heterocycles. The maximum Gasteiger partial charge on any atom is 0.251 e. The molecule has 6 nitrogen and oxygen atoms in total. The number of para-hydroxylation sites is 1. The fraction of sp³-hybridized carbons (Fsp3) is 0.0741. The Labute approximate surface area is 196 Å². The molecule has 0 aliphatic heterocycles. The number of rotatable bonds is 6. The van der Waals surface area contributed by atoms with Gasteiger partial charge in [0.1, 0.15) is 5.82 Å². The summed E-state index contributed by atoms with van der Waals surface area (Å²) in [5.74, 6) is -0.909. The molecule has 0 aliphatic carbocycles. The second kappa shape index (κ2) is 9.95. The van der Waals surface area contributed by atoms with Crippen LogP contribution in [0.3, 0.4) is 0 Å². The van der Waals surface area contributed by atoms with Crippen molar-refractivity contribution in [1.29, 1.82) is 0 Å². The summed E-state index contributed by atoms with van der Waals surface area (Å²) in [7, 11) is 1.56. The van der Waals surface area contributed by atoms with Gasteiger partial charge in [0, 0.05) is 41.7 Å². The molecule has 0 unspecified atom stereocenters. The van der Waals surface area contributed by atoms with Gasteiger partial charge in [0.05, 0.1) is 11.4 Å². The third-order valence-electron chi connectivity index (χ3n) is 5.36. The number of carbonyl (C=O) groups excluding carboxylic acids is 2. The molecule has 0 radical (unpaired) electrons. The molecule has 2 amide bonds. The van der Waals surface area contributed by atoms with Gasteiger partial charge in [0.15, 0.2) is 0 Å². The van der Waals surface area contributed by atoms with E-state index in [4.69, 9.17) is 0 Å². The molecule has 0 spiro atoms. The lowest BCUT2D eigenvalue weighted by molar-refractivity contribution is -0.111. The van der Waals surface area contributed by atoms with E-state index in [2.05, 4.69) is 15.7 Å². The number of amides is 2. The Morgan fingerprint density at radius 1 is 0.971 bits per heavy atom. The molecule has 0 atom stereocenters. The summed E-state index contributed by atoms with van der Waals surface area (Å²) in [5, 5.41) is 10.1. The number of nitrogens with one attached hydrogen (secondary N) is 2. The first-order valence-corrected chi connectivity index (χ1v) is 10.7. The number of halogens is 1. The zero-order valence-electron chi connectivity index (χ0n) is 18.7. The summed E-state index contributed by atoms with van der Waals surface area (Å²) in [5.41, 5.74) is 4.61. The van der Waals surface area contributed by atoms with Crippen LogP contribution in [0.25, 0.3) is 23.0 Å². The average Bonchev–Trinajstić information content (AvgIpc) is 3.29. The minimum atomic E-state index is -0.352. The number of carbonyl (C=O) groups is 2. The highest BCUT2D eigenvalue weighted by atomic mass is 19.1. The highest BCUT2D eigenvalue weighted by Crippen LogP contribution is 2.25. The number of anilines is 1. The van der Waals surface area contributed by atoms with Gasteiger partial charge in [-0.1, -0.05) is 24.3 Å². The van der Waals surface area contributed by atoms with E-state index >= 15 is 0 Å². The molecule has 4 aromatic rings. The highest BCUT2D eigenvalue weighted by molar-refractivity contribution is 6.04. The minimum Gasteiger partial charge on any atom is -0.355 e. The van der Waals surface area contributed by atoms with Crippen LogP contribution in [0.1, 0.15) is 21.5 Å². The third-order valence-corrected chi connectivity index (χ3v) is 5.36. The minimum absolute atomic E-state index is 0.221. The van der Waals surface area contributed by atoms with Gasteiger partial charge in [0.2, 0.25) is 5.91 Å². The van der Waals surface area contributed by atoms with E-state index in [1.54, 1.807) is 55.1 Å². The van der Waals surface area contributed by atoms with Crippen molar-refractivity contribution in [3.05, 3.63) is 108 Å². The molecule has 0 saturated heterocycles. The van der Waals surface area contributed by atoms with Crippen LogP contribution in [0.15, 0.2) is 85.1 Å². The molecular weight excluding hydrogens is 431 g/mol. The number of hydrogen-bond acceptors (Lipinski definition) is 3. The van der Waals surface area contributed by atoms with E-state index in [1.807, 2.05) is 36.5 Å². The number of nitrogens with zero attached hydrogens (tertiary/aromatic N) is 2. The van der Waals surface area contributed by atoms with Gasteiger partial charge in [-0.15, -0.1) is 0 Å². The summed E-state index contributed by atoms with van der Waals surface area (Å²) in [6.07, 6.45) is 4.89. The van der Waals surface area contributed by atoms with Crippen LogP contribution in [0.2, 0.25) is 0 Å². The SMILES string of the molecule is CNC(=O)c1cccc(NC(=O)/C=C/c2cn(-c3ccccc3)nc2-c2ccc(F)cc2)c1C. The molecule has 0 aliphatic rings. The molecule has 7 heteroatoms. The second-order valence-corrected chi connectivity index (χ2v) is 7.60. The van der Waals surface area contributed by atoms with Crippen LogP contribution < -0.4 is 10.6 Å². The van der Waals surface area contributed by atoms with Crippen LogP contribution in [-0.2, 0) is 4.79 Å². The molecule has 170 valence electrons. The van der Waals surface area contributed by atoms with E-state index in [1.165, 1.54) is 18.2 Å². The number of benzene rings is 3. The Kier molecular flexibility index (Phi) is 6.64. The van der Waals surface area contributed by atoms with Crippen LogP contribution in [0, 0.1) is 12.7 Å². The summed E-state index contributed by atoms with van der Waals surface area (Å²) >= 11 is 0. The fourth-order valence-electron chi connectivity index (χ4n) is 3.55. The zero-order valence-corrected chi connectivity index (χ0v) is 18.7. The van der Waals surface area contributed by atoms with Crippen molar-refractivity contribution in [2.45, 2.75) is 6.92 Å². The van der Waals surface area contributed by atoms with Crippen LogP contribution in [0.4, 0.5) is 10.1 Å². The number of hydrogen-bond donors (Lipinski definition) is 2. The molecule has 0 bridgehead atoms. The maximum atomic E-state index is 13.5. The van der Waals surface area contributed by atoms with Crippen LogP contribution >= 0.6 is 0 Å². The van der Waals surface area contributed by atoms with E-state index in [0.29, 0.717) is 28.1 Å². The van der Waals surface area contributed by atoms with Crippen molar-refractivity contribution in [1.82, 2.24) is 15.1 Å². The molecule has 2 N–H and O–H groups in total. The summed E-state index contributed by atoms with van der Waals surface area (Å²) in [6.45, 7) is 1.78. The van der Waals surface area contributed by atoms with Crippen molar-refractivity contribution in [3.63, 3.8) is 0 Å². The molecular formula is C27H23FN4O2. The van der Waals surface area contributed by atoms with Crippen LogP contribution in [0.5, 0.6) is 0 Å². The molecule has 3 aromatic carbocycles. The van der Waals surface area contributed by atoms with E-state index in [9.17, 15) is 14.0 Å². The van der Waals surface area contributed by atoms with Gasteiger partial charge in [-0.25, -0.2) is 9.07 Å². The lowest BCUT2D eigenvalue weighted by atomic mass is 10.1. The lowest BCUT2D eigenvalue weighted by Crippen LogP contribution is -2.20. The first-order chi connectivity index (χ1) is 16.5. The standard InChI is InChI=1S/C27H23FN4O2/c1-18-23(27(34)29-2)9-6-10-24(18)30-25(33)16-13-20-17-32(22-7-4-3-5-8-22)31-26(20)19-11-14-21(28)15-12-19/h3-17H,1-2H3,(H,29,34)(H,30,33)/b16-13+. The monoisotopic (exact) mass is 454 g/mol. The Morgan fingerprint density at radius 3 is 2.41 bits per heavy atom. The van der Waals surface area contributed by atoms with Crippen molar-refractivity contribution < 1.29 is 14.0 Å². The number of aromatic nitrogens is 2. The fourth-order valence-corrected chi connectivity index (χ4v) is 3.55. The Balaban J connectivity index is 1.63. The topological polar surface area (TPSA) is 76.0 Å². The summed E-state index contributed by atoms with van der Waals surface area (Å²) in [6, 6.07) is 20.8. The molecule has 34 heavy (non-hydrogen) atoms. The van der Waals surface area contributed by atoms with Gasteiger partial charge in [-0.3, -0.25) is 9.59 Å². The van der Waals surface area contributed by atoms with Crippen molar-refractivity contribution >= 4 is 23.6 Å². The first kappa shape index (κ1) is 22.7. The quantitative estimate of drug-likeness (QED) is 0.403. The average molecular weight is 455 g/mol. The molecule has 0 saturated carbocycles. The highest BCUT2D eigenvalue weighted by Gasteiger charge is 2.13. The smallest absolute Gasteiger partial charge is 0.251 e. The van der Waals surface area contributed by atoms with E-state index in [-0.39, 0.29) is 17.6 Å². The second-order valence-electron chi connectivity index (χ2n) is 7.60. The first-order valence-electron chi connectivity index (χ1n) is 10.7. The summed E-state index contributed by atoms with van der Waals surface area (Å²) < 4.78 is 15.2. The maximum absolute atomic E-state index is 13.5. The van der Waals surface area contributed by atoms with Gasteiger partial charge in [-0.2, -0.15) is 5.10 Å². The third kappa shape index (κ3) is 4.94. The van der Waals surface area contributed by atoms with E-state index < -0.39 is 0 Å². The predicted molar refractivity (Wildman–Crippen MR) is 131 cm³/mol. The van der Waals surface area contributed by atoms with Gasteiger partial charge in [-0.05, 0) is 67.1 Å². The molecule has 1 heterocycles.